The molecule has 1 aliphatic heterocycles. The Morgan fingerprint density at radius 2 is 1.66 bits per heavy atom. The van der Waals surface area contributed by atoms with Gasteiger partial charge in [0.1, 0.15) is 23.5 Å². The first kappa shape index (κ1) is 23.4. The number of benzene rings is 2. The second-order valence-electron chi connectivity index (χ2n) is 8.83. The molecular weight excluding hydrogens is 478 g/mol. The van der Waals surface area contributed by atoms with Crippen molar-refractivity contribution < 1.29 is 14.2 Å². The highest BCUT2D eigenvalue weighted by molar-refractivity contribution is 5.77. The smallest absolute Gasteiger partial charge is 0.212 e. The number of imidazole rings is 1. The molecule has 0 aliphatic carbocycles. The molecule has 8 heteroatoms. The summed E-state index contributed by atoms with van der Waals surface area (Å²) < 4.78 is 20.2. The van der Waals surface area contributed by atoms with Crippen molar-refractivity contribution in [2.75, 3.05) is 21.3 Å². The summed E-state index contributed by atoms with van der Waals surface area (Å²) in [6.45, 7) is 0.625. The lowest BCUT2D eigenvalue weighted by Crippen LogP contribution is -2.05. The van der Waals surface area contributed by atoms with Gasteiger partial charge in [0.15, 0.2) is 0 Å². The van der Waals surface area contributed by atoms with Crippen LogP contribution in [0.1, 0.15) is 28.1 Å². The van der Waals surface area contributed by atoms with Crippen molar-refractivity contribution >= 4 is 0 Å². The minimum Gasteiger partial charge on any atom is -0.497 e. The molecule has 0 spiro atoms. The van der Waals surface area contributed by atoms with Crippen LogP contribution in [0.2, 0.25) is 0 Å². The third-order valence-electron chi connectivity index (χ3n) is 6.62. The number of hydrogen-bond acceptors (Lipinski definition) is 6. The summed E-state index contributed by atoms with van der Waals surface area (Å²) in [5.41, 5.74) is 7.83. The third kappa shape index (κ3) is 4.24. The number of aromatic nitrogens is 5. The predicted octanol–water partition coefficient (Wildman–Crippen LogP) is 4.51. The molecule has 3 aromatic heterocycles. The molecule has 0 bridgehead atoms. The second-order valence-corrected chi connectivity index (χ2v) is 8.83. The normalized spacial score (nSPS) is 11.3. The maximum absolute atomic E-state index is 5.59. The number of fused-ring (bicyclic) bond motifs is 5. The predicted molar refractivity (Wildman–Crippen MR) is 143 cm³/mol. The van der Waals surface area contributed by atoms with E-state index in [-0.39, 0.29) is 0 Å². The molecule has 0 unspecified atom stereocenters. The van der Waals surface area contributed by atoms with Gasteiger partial charge in [0, 0.05) is 35.4 Å². The first-order valence-corrected chi connectivity index (χ1v) is 12.1. The maximum Gasteiger partial charge on any atom is 0.212 e. The van der Waals surface area contributed by atoms with Crippen molar-refractivity contribution in [2.24, 2.45) is 0 Å². The van der Waals surface area contributed by atoms with Crippen molar-refractivity contribution in [1.29, 1.82) is 0 Å². The van der Waals surface area contributed by atoms with E-state index in [1.54, 1.807) is 33.6 Å². The van der Waals surface area contributed by atoms with Crippen LogP contribution in [-0.4, -0.2) is 45.6 Å². The Kier molecular flexibility index (Phi) is 6.02. The molecule has 0 saturated carbocycles. The highest BCUT2D eigenvalue weighted by atomic mass is 16.5. The molecule has 0 fully saturated rings. The number of rotatable bonds is 5. The minimum atomic E-state index is 0.553. The average Bonchev–Trinajstić information content (AvgIpc) is 3.52. The molecule has 0 radical (unpaired) electrons. The lowest BCUT2D eigenvalue weighted by Gasteiger charge is -2.14. The van der Waals surface area contributed by atoms with Gasteiger partial charge in [0.25, 0.3) is 0 Å². The van der Waals surface area contributed by atoms with Crippen molar-refractivity contribution in [1.82, 2.24) is 24.3 Å². The molecule has 0 saturated heterocycles. The second kappa shape index (κ2) is 9.79. The van der Waals surface area contributed by atoms with Gasteiger partial charge in [-0.1, -0.05) is 18.1 Å². The van der Waals surface area contributed by atoms with Crippen molar-refractivity contribution in [3.8, 4) is 46.2 Å². The van der Waals surface area contributed by atoms with E-state index in [9.17, 15) is 0 Å². The zero-order valence-corrected chi connectivity index (χ0v) is 21.3. The zero-order valence-electron chi connectivity index (χ0n) is 21.3. The van der Waals surface area contributed by atoms with Crippen molar-refractivity contribution in [2.45, 2.75) is 13.0 Å². The zero-order chi connectivity index (χ0) is 26.1. The molecule has 4 heterocycles. The number of hydrogen-bond donors (Lipinski definition) is 0. The van der Waals surface area contributed by atoms with E-state index in [1.807, 2.05) is 41.5 Å². The minimum absolute atomic E-state index is 0.553. The summed E-state index contributed by atoms with van der Waals surface area (Å²) in [5, 5.41) is 4.79. The molecule has 0 N–H and O–H groups in total. The fourth-order valence-corrected chi connectivity index (χ4v) is 4.67. The van der Waals surface area contributed by atoms with Gasteiger partial charge in [0.2, 0.25) is 5.88 Å². The van der Waals surface area contributed by atoms with Crippen LogP contribution < -0.4 is 14.2 Å². The van der Waals surface area contributed by atoms with Gasteiger partial charge in [-0.25, -0.2) is 9.97 Å². The van der Waals surface area contributed by atoms with Crippen molar-refractivity contribution in [3.05, 3.63) is 101 Å². The van der Waals surface area contributed by atoms with Crippen molar-refractivity contribution in [3.63, 3.8) is 0 Å². The van der Waals surface area contributed by atoms with Crippen LogP contribution in [0.5, 0.6) is 17.4 Å². The fraction of sp³-hybridized carbons (Fsp3) is 0.167. The van der Waals surface area contributed by atoms with Gasteiger partial charge in [-0.05, 0) is 47.9 Å². The van der Waals surface area contributed by atoms with Gasteiger partial charge < -0.3 is 18.8 Å². The van der Waals surface area contributed by atoms with E-state index in [1.165, 1.54) is 0 Å². The molecule has 188 valence electrons. The number of ether oxygens (including phenoxy) is 3. The van der Waals surface area contributed by atoms with E-state index in [0.29, 0.717) is 18.8 Å². The van der Waals surface area contributed by atoms with E-state index < -0.39 is 0 Å². The van der Waals surface area contributed by atoms with Crippen LogP contribution >= 0.6 is 0 Å². The van der Waals surface area contributed by atoms with Gasteiger partial charge >= 0.3 is 0 Å². The summed E-state index contributed by atoms with van der Waals surface area (Å²) in [4.78, 5) is 8.91. The van der Waals surface area contributed by atoms with E-state index in [4.69, 9.17) is 19.3 Å². The number of nitrogens with zero attached hydrogens (tertiary/aromatic N) is 5. The first-order valence-electron chi connectivity index (χ1n) is 12.1. The van der Waals surface area contributed by atoms with Crippen LogP contribution in [0, 0.1) is 11.8 Å². The van der Waals surface area contributed by atoms with Gasteiger partial charge in [-0.2, -0.15) is 5.10 Å². The van der Waals surface area contributed by atoms with Gasteiger partial charge in [0.05, 0.1) is 51.1 Å². The van der Waals surface area contributed by atoms with E-state index in [0.717, 1.165) is 56.5 Å². The fourth-order valence-electron chi connectivity index (χ4n) is 4.67. The lowest BCUT2D eigenvalue weighted by atomic mass is 10.0. The van der Waals surface area contributed by atoms with Gasteiger partial charge in [-0.15, -0.1) is 0 Å². The monoisotopic (exact) mass is 503 g/mol. The molecule has 1 aliphatic rings. The van der Waals surface area contributed by atoms with Crippen LogP contribution in [-0.2, 0) is 13.0 Å². The molecular formula is C30H25N5O3. The molecule has 38 heavy (non-hydrogen) atoms. The highest BCUT2D eigenvalue weighted by Crippen LogP contribution is 2.38. The Labute approximate surface area is 220 Å². The Balaban J connectivity index is 1.43. The molecule has 6 rings (SSSR count). The SMILES string of the molecule is COc1ccc(Cn2ncc3c2-c2cc(OC)ccc2-n2cnc(C#Cc4ccc(OC)nc4)c2C3)cc1. The standard InChI is InChI=1S/C30H25N5O3/c1-36-23-8-4-21(5-9-23)18-35-30-22(17-33-35)14-28-26(11-6-20-7-13-29(38-3)31-16-20)32-19-34(28)27-12-10-24(37-2)15-25(27)30/h4-5,7-10,12-13,15-17,19H,14,18H2,1-3H3. The molecule has 5 aromatic rings. The summed E-state index contributed by atoms with van der Waals surface area (Å²) in [5.74, 6) is 8.60. The average molecular weight is 504 g/mol. The summed E-state index contributed by atoms with van der Waals surface area (Å²) >= 11 is 0. The molecule has 0 amide bonds. The number of methoxy groups -OCH3 is 3. The van der Waals surface area contributed by atoms with Crippen LogP contribution in [0.15, 0.2) is 73.3 Å². The highest BCUT2D eigenvalue weighted by Gasteiger charge is 2.26. The van der Waals surface area contributed by atoms with Crippen LogP contribution in [0.4, 0.5) is 0 Å². The number of pyridine rings is 1. The van der Waals surface area contributed by atoms with E-state index >= 15 is 0 Å². The Morgan fingerprint density at radius 3 is 2.39 bits per heavy atom. The third-order valence-corrected chi connectivity index (χ3v) is 6.62. The molecule has 0 atom stereocenters. The summed E-state index contributed by atoms with van der Waals surface area (Å²) in [7, 11) is 4.94. The largest absolute Gasteiger partial charge is 0.497 e. The summed E-state index contributed by atoms with van der Waals surface area (Å²) in [6.07, 6.45) is 6.11. The van der Waals surface area contributed by atoms with E-state index in [2.05, 4.69) is 50.6 Å². The Morgan fingerprint density at radius 1 is 0.842 bits per heavy atom. The first-order chi connectivity index (χ1) is 18.7. The van der Waals surface area contributed by atoms with Crippen LogP contribution in [0.25, 0.3) is 16.9 Å². The topological polar surface area (TPSA) is 76.2 Å². The molecule has 8 nitrogen and oxygen atoms in total. The maximum atomic E-state index is 5.59. The quantitative estimate of drug-likeness (QED) is 0.322. The summed E-state index contributed by atoms with van der Waals surface area (Å²) in [6, 6.07) is 17.8. The Hall–Kier alpha value is -5.03. The lowest BCUT2D eigenvalue weighted by molar-refractivity contribution is 0.398. The van der Waals surface area contributed by atoms with Gasteiger partial charge in [-0.3, -0.25) is 4.68 Å². The Bertz CT molecular complexity index is 1670. The van der Waals surface area contributed by atoms with Crippen LogP contribution in [0.3, 0.4) is 0 Å². The molecule has 2 aromatic carbocycles.